The summed E-state index contributed by atoms with van der Waals surface area (Å²) in [6.45, 7) is 2.12. The summed E-state index contributed by atoms with van der Waals surface area (Å²) < 4.78 is 10.6. The first kappa shape index (κ1) is 18.2. The highest BCUT2D eigenvalue weighted by Gasteiger charge is 2.27. The Hall–Kier alpha value is -2.60. The lowest BCUT2D eigenvalue weighted by Gasteiger charge is -2.13. The molecule has 1 saturated heterocycles. The molecule has 6 heteroatoms. The fourth-order valence-corrected chi connectivity index (χ4v) is 3.62. The maximum absolute atomic E-state index is 12.3. The monoisotopic (exact) mass is 370 g/mol. The quantitative estimate of drug-likeness (QED) is 0.756. The number of aryl methyl sites for hydroxylation is 1. The van der Waals surface area contributed by atoms with E-state index in [9.17, 15) is 4.79 Å². The van der Waals surface area contributed by atoms with Crippen LogP contribution in [0.3, 0.4) is 0 Å². The van der Waals surface area contributed by atoms with Crippen molar-refractivity contribution in [2.45, 2.75) is 18.8 Å². The summed E-state index contributed by atoms with van der Waals surface area (Å²) in [5.74, 6) is 1.30. The van der Waals surface area contributed by atoms with Gasteiger partial charge in [0.25, 0.3) is 5.91 Å². The highest BCUT2D eigenvalue weighted by molar-refractivity contribution is 8.05. The highest BCUT2D eigenvalue weighted by Crippen LogP contribution is 2.33. The Balaban J connectivity index is 1.75. The van der Waals surface area contributed by atoms with E-state index in [-0.39, 0.29) is 11.4 Å². The molecular weight excluding hydrogens is 348 g/mol. The van der Waals surface area contributed by atoms with Crippen LogP contribution in [0.25, 0.3) is 6.08 Å². The lowest BCUT2D eigenvalue weighted by atomic mass is 10.1. The topological polar surface area (TPSA) is 59.6 Å². The first-order chi connectivity index (χ1) is 12.6. The minimum atomic E-state index is -0.210. The van der Waals surface area contributed by atoms with Crippen LogP contribution in [0.2, 0.25) is 0 Å². The molecule has 1 atom stereocenters. The van der Waals surface area contributed by atoms with Gasteiger partial charge in [0.1, 0.15) is 11.5 Å². The number of amides is 1. The van der Waals surface area contributed by atoms with E-state index in [0.29, 0.717) is 16.4 Å². The van der Waals surface area contributed by atoms with Crippen molar-refractivity contribution in [1.82, 2.24) is 5.32 Å². The molecule has 2 aromatic rings. The van der Waals surface area contributed by atoms with Crippen LogP contribution in [0.5, 0.6) is 11.5 Å². The number of nitrogens with one attached hydrogen (secondary N) is 2. The number of rotatable bonds is 6. The van der Waals surface area contributed by atoms with Crippen molar-refractivity contribution < 1.29 is 14.3 Å². The van der Waals surface area contributed by atoms with Crippen LogP contribution in [0.1, 0.15) is 18.1 Å². The van der Waals surface area contributed by atoms with Gasteiger partial charge in [-0.2, -0.15) is 0 Å². The lowest BCUT2D eigenvalue weighted by Crippen LogP contribution is -2.30. The molecule has 0 radical (unpaired) electrons. The molecule has 0 spiro atoms. The van der Waals surface area contributed by atoms with E-state index in [4.69, 9.17) is 9.47 Å². The van der Waals surface area contributed by atoms with E-state index in [1.54, 1.807) is 14.2 Å². The minimum Gasteiger partial charge on any atom is -0.497 e. The van der Waals surface area contributed by atoms with E-state index in [1.807, 2.05) is 36.4 Å². The molecule has 136 valence electrons. The van der Waals surface area contributed by atoms with Crippen molar-refractivity contribution in [3.63, 3.8) is 0 Å². The zero-order chi connectivity index (χ0) is 18.5. The summed E-state index contributed by atoms with van der Waals surface area (Å²) in [6.07, 6.45) is 2.83. The molecule has 0 saturated carbocycles. The highest BCUT2D eigenvalue weighted by atomic mass is 32.2. The largest absolute Gasteiger partial charge is 0.497 e. The summed E-state index contributed by atoms with van der Waals surface area (Å²) in [4.78, 5) is 12.9. The molecule has 1 amide bonds. The Morgan fingerprint density at radius 3 is 2.58 bits per heavy atom. The molecule has 1 fully saturated rings. The second kappa shape index (κ2) is 8.19. The van der Waals surface area contributed by atoms with E-state index < -0.39 is 0 Å². The van der Waals surface area contributed by atoms with Crippen LogP contribution in [-0.4, -0.2) is 25.6 Å². The first-order valence-corrected chi connectivity index (χ1v) is 9.27. The third-order valence-corrected chi connectivity index (χ3v) is 5.14. The molecule has 1 heterocycles. The predicted octanol–water partition coefficient (Wildman–Crippen LogP) is 3.87. The SMILES string of the molecule is CCc1ccc(N[C@@H]2NC(=O)/C(=C/c3cc(OC)ccc3OC)S2)cc1. The zero-order valence-electron chi connectivity index (χ0n) is 15.0. The third-order valence-electron chi connectivity index (χ3n) is 4.11. The number of thioether (sulfide) groups is 1. The standard InChI is InChI=1S/C20H22N2O3S/c1-4-13-5-7-15(8-6-13)21-20-22-19(23)18(26-20)12-14-11-16(24-2)9-10-17(14)25-3/h5-12,20-21H,4H2,1-3H3,(H,22,23)/b18-12-/t20-/m1/s1. The second-order valence-electron chi connectivity index (χ2n) is 5.78. The molecule has 0 aliphatic carbocycles. The van der Waals surface area contributed by atoms with Gasteiger partial charge in [-0.15, -0.1) is 0 Å². The Morgan fingerprint density at radius 1 is 1.15 bits per heavy atom. The van der Waals surface area contributed by atoms with Crippen LogP contribution in [0, 0.1) is 0 Å². The van der Waals surface area contributed by atoms with Gasteiger partial charge in [-0.3, -0.25) is 4.79 Å². The fourth-order valence-electron chi connectivity index (χ4n) is 2.65. The molecule has 1 aliphatic heterocycles. The number of carbonyl (C=O) groups is 1. The maximum atomic E-state index is 12.3. The van der Waals surface area contributed by atoms with Crippen LogP contribution in [-0.2, 0) is 11.2 Å². The molecular formula is C20H22N2O3S. The van der Waals surface area contributed by atoms with Gasteiger partial charge < -0.3 is 20.1 Å². The van der Waals surface area contributed by atoms with Crippen molar-refractivity contribution in [2.24, 2.45) is 0 Å². The normalized spacial score (nSPS) is 17.9. The van der Waals surface area contributed by atoms with Gasteiger partial charge >= 0.3 is 0 Å². The summed E-state index contributed by atoms with van der Waals surface area (Å²) in [5.41, 5.74) is 2.85. The number of methoxy groups -OCH3 is 2. The molecule has 3 rings (SSSR count). The molecule has 26 heavy (non-hydrogen) atoms. The molecule has 2 N–H and O–H groups in total. The number of anilines is 1. The van der Waals surface area contributed by atoms with Gasteiger partial charge in [0, 0.05) is 11.3 Å². The lowest BCUT2D eigenvalue weighted by molar-refractivity contribution is -0.116. The predicted molar refractivity (Wildman–Crippen MR) is 106 cm³/mol. The number of hydrogen-bond donors (Lipinski definition) is 2. The number of benzene rings is 2. The molecule has 5 nitrogen and oxygen atoms in total. The Bertz CT molecular complexity index is 818. The summed E-state index contributed by atoms with van der Waals surface area (Å²) in [5, 5.41) is 6.26. The van der Waals surface area contributed by atoms with Gasteiger partial charge in [-0.05, 0) is 48.4 Å². The van der Waals surface area contributed by atoms with Gasteiger partial charge in [0.05, 0.1) is 19.1 Å². The van der Waals surface area contributed by atoms with Crippen molar-refractivity contribution in [2.75, 3.05) is 19.5 Å². The number of hydrogen-bond acceptors (Lipinski definition) is 5. The minimum absolute atomic E-state index is 0.109. The maximum Gasteiger partial charge on any atom is 0.260 e. The Labute approximate surface area is 157 Å². The average molecular weight is 370 g/mol. The van der Waals surface area contributed by atoms with Crippen LogP contribution in [0.15, 0.2) is 47.4 Å². The number of carbonyl (C=O) groups excluding carboxylic acids is 1. The summed E-state index contributed by atoms with van der Waals surface area (Å²) in [6, 6.07) is 13.7. The smallest absolute Gasteiger partial charge is 0.260 e. The van der Waals surface area contributed by atoms with E-state index in [1.165, 1.54) is 17.3 Å². The van der Waals surface area contributed by atoms with Crippen LogP contribution < -0.4 is 20.1 Å². The Kier molecular flexibility index (Phi) is 5.73. The van der Waals surface area contributed by atoms with Crippen molar-refractivity contribution in [1.29, 1.82) is 0 Å². The van der Waals surface area contributed by atoms with Crippen LogP contribution in [0.4, 0.5) is 5.69 Å². The molecule has 0 bridgehead atoms. The summed E-state index contributed by atoms with van der Waals surface area (Å²) in [7, 11) is 3.22. The molecule has 1 aliphatic rings. The third kappa shape index (κ3) is 4.14. The zero-order valence-corrected chi connectivity index (χ0v) is 15.9. The first-order valence-electron chi connectivity index (χ1n) is 8.39. The summed E-state index contributed by atoms with van der Waals surface area (Å²) >= 11 is 1.44. The van der Waals surface area contributed by atoms with Crippen LogP contribution >= 0.6 is 11.8 Å². The van der Waals surface area contributed by atoms with Crippen molar-refractivity contribution in [3.8, 4) is 11.5 Å². The fraction of sp³-hybridized carbons (Fsp3) is 0.250. The second-order valence-corrected chi connectivity index (χ2v) is 6.93. The van der Waals surface area contributed by atoms with E-state index in [0.717, 1.165) is 17.7 Å². The van der Waals surface area contributed by atoms with Crippen molar-refractivity contribution in [3.05, 3.63) is 58.5 Å². The van der Waals surface area contributed by atoms with Gasteiger partial charge in [-0.1, -0.05) is 30.8 Å². The van der Waals surface area contributed by atoms with Gasteiger partial charge in [0.2, 0.25) is 0 Å². The van der Waals surface area contributed by atoms with Crippen molar-refractivity contribution >= 4 is 29.4 Å². The van der Waals surface area contributed by atoms with Gasteiger partial charge in [0.15, 0.2) is 5.50 Å². The van der Waals surface area contributed by atoms with E-state index in [2.05, 4.69) is 29.7 Å². The molecule has 2 aromatic carbocycles. The average Bonchev–Trinajstić information content (AvgIpc) is 3.01. The molecule has 0 aromatic heterocycles. The Morgan fingerprint density at radius 2 is 1.92 bits per heavy atom. The molecule has 0 unspecified atom stereocenters. The van der Waals surface area contributed by atoms with E-state index >= 15 is 0 Å². The number of ether oxygens (including phenoxy) is 2. The van der Waals surface area contributed by atoms with Gasteiger partial charge in [-0.25, -0.2) is 0 Å².